The molecule has 1 aromatic rings. The van der Waals surface area contributed by atoms with Crippen LogP contribution in [0.4, 0.5) is 4.39 Å². The molecule has 6 nitrogen and oxygen atoms in total. The highest BCUT2D eigenvalue weighted by Gasteiger charge is 2.37. The quantitative estimate of drug-likeness (QED) is 0.791. The zero-order valence-corrected chi connectivity index (χ0v) is 15.7. The Morgan fingerprint density at radius 2 is 1.92 bits per heavy atom. The van der Waals surface area contributed by atoms with Crippen molar-refractivity contribution < 1.29 is 14.0 Å². The first-order valence-electron chi connectivity index (χ1n) is 8.88. The molecular weight excluding hydrogens is 355 g/mol. The van der Waals surface area contributed by atoms with Crippen LogP contribution in [0.15, 0.2) is 30.3 Å². The Hall–Kier alpha value is -1.64. The van der Waals surface area contributed by atoms with Crippen LogP contribution in [-0.4, -0.2) is 72.0 Å². The highest BCUT2D eigenvalue weighted by atomic mass is 32.2. The lowest BCUT2D eigenvalue weighted by Gasteiger charge is -2.43. The van der Waals surface area contributed by atoms with Crippen molar-refractivity contribution in [3.05, 3.63) is 35.9 Å². The Morgan fingerprint density at radius 1 is 1.23 bits per heavy atom. The zero-order chi connectivity index (χ0) is 18.5. The lowest BCUT2D eigenvalue weighted by molar-refractivity contribution is -0.136. The van der Waals surface area contributed by atoms with Crippen molar-refractivity contribution in [1.29, 1.82) is 0 Å². The number of hydrogen-bond donors (Lipinski definition) is 2. The molecule has 2 aliphatic heterocycles. The van der Waals surface area contributed by atoms with E-state index in [0.717, 1.165) is 5.75 Å². The fourth-order valence-corrected chi connectivity index (χ4v) is 4.05. The van der Waals surface area contributed by atoms with E-state index >= 15 is 0 Å². The van der Waals surface area contributed by atoms with Crippen molar-refractivity contribution in [3.8, 4) is 0 Å². The number of nitrogens with one attached hydrogen (secondary N) is 2. The molecule has 2 aliphatic rings. The maximum atomic E-state index is 13.6. The number of piperazine rings is 1. The van der Waals surface area contributed by atoms with E-state index in [2.05, 4.69) is 22.8 Å². The van der Waals surface area contributed by atoms with Crippen molar-refractivity contribution in [2.45, 2.75) is 31.2 Å². The molecule has 2 saturated heterocycles. The highest BCUT2D eigenvalue weighted by molar-refractivity contribution is 7.99. The minimum Gasteiger partial charge on any atom is -0.339 e. The summed E-state index contributed by atoms with van der Waals surface area (Å²) >= 11 is 1.62. The molecule has 3 rings (SSSR count). The van der Waals surface area contributed by atoms with Gasteiger partial charge in [-0.3, -0.25) is 19.8 Å². The van der Waals surface area contributed by atoms with Crippen LogP contribution >= 0.6 is 11.8 Å². The molecule has 3 unspecified atom stereocenters. The van der Waals surface area contributed by atoms with Crippen LogP contribution in [-0.2, 0) is 15.3 Å². The van der Waals surface area contributed by atoms with E-state index in [1.807, 2.05) is 28.0 Å². The van der Waals surface area contributed by atoms with Crippen molar-refractivity contribution in [2.24, 2.45) is 0 Å². The molecule has 2 heterocycles. The number of carbonyl (C=O) groups is 2. The molecular formula is C18H25FN4O2S. The summed E-state index contributed by atoms with van der Waals surface area (Å²) in [5, 5.41) is 5.73. The molecule has 1 aromatic carbocycles. The topological polar surface area (TPSA) is 64.7 Å². The van der Waals surface area contributed by atoms with Crippen LogP contribution < -0.4 is 10.6 Å². The summed E-state index contributed by atoms with van der Waals surface area (Å²) in [7, 11) is 0. The number of alkyl halides is 1. The van der Waals surface area contributed by atoms with Crippen molar-refractivity contribution in [1.82, 2.24) is 20.4 Å². The summed E-state index contributed by atoms with van der Waals surface area (Å²) in [4.78, 5) is 27.9. The second-order valence-corrected chi connectivity index (χ2v) is 7.65. The summed E-state index contributed by atoms with van der Waals surface area (Å²) in [6.07, 6.45) is -1.88. The third-order valence-corrected chi connectivity index (χ3v) is 5.75. The molecule has 2 amide bonds. The van der Waals surface area contributed by atoms with E-state index in [1.54, 1.807) is 18.7 Å². The van der Waals surface area contributed by atoms with E-state index in [0.29, 0.717) is 31.9 Å². The fraction of sp³-hybridized carbons (Fsp3) is 0.556. The Labute approximate surface area is 157 Å². The number of rotatable bonds is 5. The van der Waals surface area contributed by atoms with Gasteiger partial charge < -0.3 is 10.2 Å². The third kappa shape index (κ3) is 4.75. The van der Waals surface area contributed by atoms with Gasteiger partial charge in [0.15, 0.2) is 6.17 Å². The maximum Gasteiger partial charge on any atom is 0.258 e. The number of hydrogen-bond acceptors (Lipinski definition) is 5. The highest BCUT2D eigenvalue weighted by Crippen LogP contribution is 2.15. The zero-order valence-electron chi connectivity index (χ0n) is 14.9. The van der Waals surface area contributed by atoms with E-state index in [-0.39, 0.29) is 12.2 Å². The second-order valence-electron chi connectivity index (χ2n) is 6.66. The van der Waals surface area contributed by atoms with Gasteiger partial charge in [-0.05, 0) is 12.5 Å². The monoisotopic (exact) mass is 380 g/mol. The Bertz CT molecular complexity index is 625. The summed E-state index contributed by atoms with van der Waals surface area (Å²) in [5.41, 5.74) is 1.22. The number of amides is 2. The summed E-state index contributed by atoms with van der Waals surface area (Å²) < 4.78 is 13.6. The first kappa shape index (κ1) is 19.1. The predicted molar refractivity (Wildman–Crippen MR) is 100 cm³/mol. The molecule has 2 fully saturated rings. The lowest BCUT2D eigenvalue weighted by atomic mass is 10.1. The minimum absolute atomic E-state index is 0.142. The smallest absolute Gasteiger partial charge is 0.258 e. The van der Waals surface area contributed by atoms with Crippen molar-refractivity contribution >= 4 is 23.6 Å². The van der Waals surface area contributed by atoms with E-state index < -0.39 is 18.1 Å². The SMILES string of the molecule is CC1NC(N2CCN(C(=O)CSCc3ccccc3)CC2)NC(=O)C1F. The number of nitrogens with zero attached hydrogens (tertiary/aromatic N) is 2. The average molecular weight is 380 g/mol. The Kier molecular flexibility index (Phi) is 6.50. The van der Waals surface area contributed by atoms with Crippen LogP contribution in [0.5, 0.6) is 0 Å². The average Bonchev–Trinajstić information content (AvgIpc) is 2.66. The number of halogens is 1. The molecule has 3 atom stereocenters. The van der Waals surface area contributed by atoms with Gasteiger partial charge in [-0.2, -0.15) is 0 Å². The van der Waals surface area contributed by atoms with Crippen LogP contribution in [0.2, 0.25) is 0 Å². The molecule has 8 heteroatoms. The normalized spacial score (nSPS) is 27.2. The fourth-order valence-electron chi connectivity index (χ4n) is 3.16. The number of benzene rings is 1. The lowest BCUT2D eigenvalue weighted by Crippen LogP contribution is -2.69. The van der Waals surface area contributed by atoms with Crippen molar-refractivity contribution in [2.75, 3.05) is 31.9 Å². The summed E-state index contributed by atoms with van der Waals surface area (Å²) in [6, 6.07) is 9.59. The molecule has 0 aromatic heterocycles. The molecule has 26 heavy (non-hydrogen) atoms. The van der Waals surface area contributed by atoms with Crippen LogP contribution in [0.25, 0.3) is 0 Å². The van der Waals surface area contributed by atoms with Gasteiger partial charge in [-0.25, -0.2) is 4.39 Å². The first-order chi connectivity index (χ1) is 12.5. The van der Waals surface area contributed by atoms with Crippen LogP contribution in [0.1, 0.15) is 12.5 Å². The molecule has 0 radical (unpaired) electrons. The molecule has 0 aliphatic carbocycles. The standard InChI is InChI=1S/C18H25FN4O2S/c1-13-16(19)17(25)21-18(20-13)23-9-7-22(8-10-23)15(24)12-26-11-14-5-3-2-4-6-14/h2-6,13,16,18,20H,7-12H2,1H3,(H,21,25). The molecule has 0 bridgehead atoms. The Morgan fingerprint density at radius 3 is 2.58 bits per heavy atom. The second kappa shape index (κ2) is 8.83. The Balaban J connectivity index is 1.40. The van der Waals surface area contributed by atoms with E-state index in [9.17, 15) is 14.0 Å². The van der Waals surface area contributed by atoms with Gasteiger partial charge in [-0.15, -0.1) is 11.8 Å². The summed E-state index contributed by atoms with van der Waals surface area (Å²) in [6.45, 7) is 4.20. The van der Waals surface area contributed by atoms with Gasteiger partial charge in [0.2, 0.25) is 5.91 Å². The van der Waals surface area contributed by atoms with Gasteiger partial charge in [0, 0.05) is 38.0 Å². The van der Waals surface area contributed by atoms with E-state index in [1.165, 1.54) is 5.56 Å². The molecule has 0 saturated carbocycles. The third-order valence-electron chi connectivity index (χ3n) is 4.76. The van der Waals surface area contributed by atoms with Crippen molar-refractivity contribution in [3.63, 3.8) is 0 Å². The number of carbonyl (C=O) groups excluding carboxylic acids is 2. The van der Waals surface area contributed by atoms with Gasteiger partial charge >= 0.3 is 0 Å². The van der Waals surface area contributed by atoms with Crippen LogP contribution in [0.3, 0.4) is 0 Å². The minimum atomic E-state index is -1.52. The maximum absolute atomic E-state index is 13.6. The first-order valence-corrected chi connectivity index (χ1v) is 10.0. The predicted octanol–water partition coefficient (Wildman–Crippen LogP) is 0.794. The molecule has 2 N–H and O–H groups in total. The largest absolute Gasteiger partial charge is 0.339 e. The number of thioether (sulfide) groups is 1. The summed E-state index contributed by atoms with van der Waals surface area (Å²) in [5.74, 6) is 0.862. The molecule has 0 spiro atoms. The molecule has 142 valence electrons. The van der Waals surface area contributed by atoms with E-state index in [4.69, 9.17) is 0 Å². The van der Waals surface area contributed by atoms with Gasteiger partial charge in [0.1, 0.15) is 6.29 Å². The van der Waals surface area contributed by atoms with Gasteiger partial charge in [-0.1, -0.05) is 30.3 Å². The van der Waals surface area contributed by atoms with Gasteiger partial charge in [0.25, 0.3) is 5.91 Å². The van der Waals surface area contributed by atoms with Gasteiger partial charge in [0.05, 0.1) is 5.75 Å². The van der Waals surface area contributed by atoms with Crippen LogP contribution in [0, 0.1) is 0 Å².